The number of halogens is 1. The summed E-state index contributed by atoms with van der Waals surface area (Å²) in [5.74, 6) is -0.648. The third-order valence-electron chi connectivity index (χ3n) is 5.56. The number of benzene rings is 2. The molecule has 2 atom stereocenters. The van der Waals surface area contributed by atoms with Crippen molar-refractivity contribution >= 4 is 59.1 Å². The van der Waals surface area contributed by atoms with E-state index < -0.39 is 15.8 Å². The maximum absolute atomic E-state index is 12.4. The molecular formula is C22H23AsBrN3O2. The second-order valence-electron chi connectivity index (χ2n) is 7.54. The van der Waals surface area contributed by atoms with Crippen molar-refractivity contribution in [1.82, 2.24) is 10.2 Å². The molecule has 0 saturated carbocycles. The standard InChI is InChI=1S/C22H23AsBrN3O2/c1-26-10-9-17(13-26)27(2)16-6-3-14(4-7-16)23-12-20-19-11-15(24)5-8-18(19)21(28)25-22(20)29/h3-8,11-12,17,23H,9-10,13H2,1-2H3,(H,25,28,29)/b20-12-. The van der Waals surface area contributed by atoms with Crippen LogP contribution in [-0.2, 0) is 4.79 Å². The Morgan fingerprint density at radius 1 is 1.14 bits per heavy atom. The molecule has 0 aromatic heterocycles. The van der Waals surface area contributed by atoms with Gasteiger partial charge in [-0.15, -0.1) is 0 Å². The number of likely N-dealkylation sites (tertiary alicyclic amines) is 1. The average molecular weight is 516 g/mol. The van der Waals surface area contributed by atoms with Gasteiger partial charge in [0.05, 0.1) is 0 Å². The zero-order valence-corrected chi connectivity index (χ0v) is 20.1. The Bertz CT molecular complexity index is 990. The first kappa shape index (κ1) is 20.4. The van der Waals surface area contributed by atoms with Gasteiger partial charge in [0.2, 0.25) is 0 Å². The van der Waals surface area contributed by atoms with Crippen LogP contribution in [0.15, 0.2) is 51.8 Å². The predicted molar refractivity (Wildman–Crippen MR) is 122 cm³/mol. The Kier molecular flexibility index (Phi) is 5.95. The molecule has 2 amide bonds. The van der Waals surface area contributed by atoms with Crippen LogP contribution in [0.2, 0.25) is 0 Å². The van der Waals surface area contributed by atoms with Crippen LogP contribution >= 0.6 is 15.9 Å². The predicted octanol–water partition coefficient (Wildman–Crippen LogP) is 1.96. The molecule has 2 aliphatic heterocycles. The topological polar surface area (TPSA) is 52.6 Å². The van der Waals surface area contributed by atoms with E-state index >= 15 is 0 Å². The summed E-state index contributed by atoms with van der Waals surface area (Å²) in [6.07, 6.45) is 1.19. The summed E-state index contributed by atoms with van der Waals surface area (Å²) in [5.41, 5.74) is 3.07. The van der Waals surface area contributed by atoms with Gasteiger partial charge in [-0.1, -0.05) is 0 Å². The number of hydrogen-bond acceptors (Lipinski definition) is 4. The van der Waals surface area contributed by atoms with E-state index in [1.165, 1.54) is 16.5 Å². The zero-order valence-electron chi connectivity index (χ0n) is 16.4. The Morgan fingerprint density at radius 3 is 2.59 bits per heavy atom. The average Bonchev–Trinajstić information content (AvgIpc) is 3.14. The summed E-state index contributed by atoms with van der Waals surface area (Å²) in [7, 11) is 4.33. The molecule has 4 rings (SSSR count). The number of carbonyl (C=O) groups excluding carboxylic acids is 2. The van der Waals surface area contributed by atoms with Gasteiger partial charge >= 0.3 is 186 Å². The number of fused-ring (bicyclic) bond motifs is 1. The van der Waals surface area contributed by atoms with Crippen molar-refractivity contribution in [2.24, 2.45) is 0 Å². The first-order valence-electron chi connectivity index (χ1n) is 9.56. The molecule has 0 radical (unpaired) electrons. The number of imide groups is 1. The van der Waals surface area contributed by atoms with Gasteiger partial charge in [0.15, 0.2) is 0 Å². The van der Waals surface area contributed by atoms with Gasteiger partial charge in [-0.25, -0.2) is 0 Å². The summed E-state index contributed by atoms with van der Waals surface area (Å²) in [5, 5.41) is 2.45. The van der Waals surface area contributed by atoms with Gasteiger partial charge in [0, 0.05) is 0 Å². The normalized spacial score (nSPS) is 21.1. The molecule has 0 aliphatic carbocycles. The van der Waals surface area contributed by atoms with E-state index in [9.17, 15) is 9.59 Å². The van der Waals surface area contributed by atoms with Crippen LogP contribution in [0.1, 0.15) is 22.3 Å². The van der Waals surface area contributed by atoms with Crippen molar-refractivity contribution in [3.8, 4) is 0 Å². The molecule has 7 heteroatoms. The number of nitrogens with one attached hydrogen (secondary N) is 1. The number of anilines is 1. The van der Waals surface area contributed by atoms with Crippen molar-refractivity contribution in [3.05, 3.63) is 62.9 Å². The summed E-state index contributed by atoms with van der Waals surface area (Å²) < 4.78 is 2.11. The molecule has 2 unspecified atom stereocenters. The molecular weight excluding hydrogens is 493 g/mol. The summed E-state index contributed by atoms with van der Waals surface area (Å²) >= 11 is 2.78. The fraction of sp³-hybridized carbons (Fsp3) is 0.273. The minimum absolute atomic E-state index is 0.314. The number of hydrogen-bond donors (Lipinski definition) is 1. The number of amides is 2. The monoisotopic (exact) mass is 515 g/mol. The summed E-state index contributed by atoms with van der Waals surface area (Å²) in [4.78, 5) is 31.2. The molecule has 1 fully saturated rings. The van der Waals surface area contributed by atoms with Gasteiger partial charge in [-0.3, -0.25) is 0 Å². The molecule has 2 aromatic carbocycles. The molecule has 0 bridgehead atoms. The van der Waals surface area contributed by atoms with E-state index in [1.54, 1.807) is 6.07 Å². The number of likely N-dealkylation sites (N-methyl/N-ethyl adjacent to an activating group) is 2. The Hall–Kier alpha value is -1.88. The molecule has 150 valence electrons. The van der Waals surface area contributed by atoms with E-state index in [-0.39, 0.29) is 11.8 Å². The maximum atomic E-state index is 12.4. The third-order valence-corrected chi connectivity index (χ3v) is 8.36. The molecule has 0 spiro atoms. The van der Waals surface area contributed by atoms with Crippen LogP contribution in [0.25, 0.3) is 5.57 Å². The second kappa shape index (κ2) is 8.47. The molecule has 2 aliphatic rings. The number of carbonyl (C=O) groups is 2. The van der Waals surface area contributed by atoms with Crippen LogP contribution in [0, 0.1) is 0 Å². The van der Waals surface area contributed by atoms with Crippen molar-refractivity contribution in [2.45, 2.75) is 12.5 Å². The molecule has 29 heavy (non-hydrogen) atoms. The van der Waals surface area contributed by atoms with Crippen LogP contribution in [0.4, 0.5) is 5.69 Å². The number of rotatable bonds is 4. The van der Waals surface area contributed by atoms with E-state index in [0.717, 1.165) is 17.6 Å². The van der Waals surface area contributed by atoms with Crippen molar-refractivity contribution in [3.63, 3.8) is 0 Å². The van der Waals surface area contributed by atoms with E-state index in [2.05, 4.69) is 69.4 Å². The molecule has 1 N–H and O–H groups in total. The van der Waals surface area contributed by atoms with E-state index in [0.29, 0.717) is 22.7 Å². The molecule has 2 heterocycles. The van der Waals surface area contributed by atoms with Gasteiger partial charge in [-0.2, -0.15) is 0 Å². The molecule has 1 saturated heterocycles. The van der Waals surface area contributed by atoms with Crippen molar-refractivity contribution in [2.75, 3.05) is 32.1 Å². The quantitative estimate of drug-likeness (QED) is 0.384. The van der Waals surface area contributed by atoms with Crippen LogP contribution in [-0.4, -0.2) is 65.7 Å². The summed E-state index contributed by atoms with van der Waals surface area (Å²) in [6.45, 7) is 2.25. The van der Waals surface area contributed by atoms with Gasteiger partial charge < -0.3 is 0 Å². The Balaban J connectivity index is 1.52. The van der Waals surface area contributed by atoms with Gasteiger partial charge in [0.1, 0.15) is 0 Å². The molecule has 5 nitrogen and oxygen atoms in total. The Labute approximate surface area is 186 Å². The van der Waals surface area contributed by atoms with Crippen molar-refractivity contribution in [1.29, 1.82) is 0 Å². The van der Waals surface area contributed by atoms with Crippen LogP contribution in [0.3, 0.4) is 0 Å². The van der Waals surface area contributed by atoms with Gasteiger partial charge in [-0.05, 0) is 0 Å². The zero-order chi connectivity index (χ0) is 20.5. The second-order valence-corrected chi connectivity index (χ2v) is 10.9. The number of nitrogens with zero attached hydrogens (tertiary/aromatic N) is 2. The SMILES string of the molecule is CN1CCC(N(C)c2ccc([AsH]/C=C3\C(=O)NC(=O)c4ccc(Br)cc43)cc2)C1. The molecule has 2 aromatic rings. The fourth-order valence-electron chi connectivity index (χ4n) is 3.83. The third kappa shape index (κ3) is 4.35. The van der Waals surface area contributed by atoms with Gasteiger partial charge in [0.25, 0.3) is 0 Å². The Morgan fingerprint density at radius 2 is 1.90 bits per heavy atom. The first-order valence-corrected chi connectivity index (χ1v) is 12.6. The first-order chi connectivity index (χ1) is 13.9. The fourth-order valence-corrected chi connectivity index (χ4v) is 6.20. The van der Waals surface area contributed by atoms with Crippen LogP contribution < -0.4 is 14.6 Å². The van der Waals surface area contributed by atoms with E-state index in [4.69, 9.17) is 0 Å². The van der Waals surface area contributed by atoms with Crippen LogP contribution in [0.5, 0.6) is 0 Å². The summed E-state index contributed by atoms with van der Waals surface area (Å²) in [6, 6.07) is 14.6. The van der Waals surface area contributed by atoms with E-state index in [1.807, 2.05) is 17.0 Å². The minimum atomic E-state index is -0.657. The van der Waals surface area contributed by atoms with Crippen molar-refractivity contribution < 1.29 is 9.59 Å².